The van der Waals surface area contributed by atoms with E-state index in [9.17, 15) is 4.79 Å². The molecular weight excluding hydrogens is 286 g/mol. The monoisotopic (exact) mass is 307 g/mol. The van der Waals surface area contributed by atoms with Crippen LogP contribution in [0.15, 0.2) is 6.07 Å². The number of nitrogens with zero attached hydrogens (tertiary/aromatic N) is 2. The van der Waals surface area contributed by atoms with E-state index in [1.165, 1.54) is 22.6 Å². The van der Waals surface area contributed by atoms with E-state index in [4.69, 9.17) is 5.11 Å². The van der Waals surface area contributed by atoms with Gasteiger partial charge in [0.05, 0.1) is 5.69 Å². The first-order chi connectivity index (χ1) is 9.93. The number of nitrogens with one attached hydrogen (secondary N) is 1. The molecule has 0 aliphatic heterocycles. The highest BCUT2D eigenvalue weighted by Crippen LogP contribution is 2.21. The van der Waals surface area contributed by atoms with Crippen molar-refractivity contribution in [3.05, 3.63) is 38.3 Å². The predicted molar refractivity (Wildman–Crippen MR) is 83.9 cm³/mol. The molecule has 2 N–H and O–H groups in total. The van der Waals surface area contributed by atoms with E-state index < -0.39 is 5.97 Å². The number of aromatic carboxylic acids is 1. The van der Waals surface area contributed by atoms with Crippen molar-refractivity contribution in [2.45, 2.75) is 47.3 Å². The fourth-order valence-corrected chi connectivity index (χ4v) is 3.30. The molecule has 2 aromatic heterocycles. The molecule has 21 heavy (non-hydrogen) atoms. The zero-order valence-corrected chi connectivity index (χ0v) is 13.7. The molecule has 0 unspecified atom stereocenters. The summed E-state index contributed by atoms with van der Waals surface area (Å²) >= 11 is 1.33. The molecule has 6 heteroatoms. The quantitative estimate of drug-likeness (QED) is 0.861. The third kappa shape index (κ3) is 3.33. The minimum atomic E-state index is -0.856. The van der Waals surface area contributed by atoms with Gasteiger partial charge in [0, 0.05) is 35.8 Å². The number of carboxylic acid groups (broad SMARTS) is 1. The van der Waals surface area contributed by atoms with E-state index in [0.717, 1.165) is 29.2 Å². The second kappa shape index (κ2) is 6.41. The second-order valence-electron chi connectivity index (χ2n) is 5.07. The van der Waals surface area contributed by atoms with E-state index in [0.29, 0.717) is 11.4 Å². The molecule has 0 bridgehead atoms. The van der Waals surface area contributed by atoms with Gasteiger partial charge < -0.3 is 10.4 Å². The third-order valence-electron chi connectivity index (χ3n) is 3.68. The molecule has 114 valence electrons. The minimum Gasteiger partial charge on any atom is -0.477 e. The maximum Gasteiger partial charge on any atom is 0.345 e. The number of aromatic nitrogens is 2. The summed E-state index contributed by atoms with van der Waals surface area (Å²) in [7, 11) is 0. The van der Waals surface area contributed by atoms with Crippen LogP contribution in [0.4, 0.5) is 0 Å². The summed E-state index contributed by atoms with van der Waals surface area (Å²) in [6.07, 6.45) is 0. The van der Waals surface area contributed by atoms with Crippen molar-refractivity contribution < 1.29 is 9.90 Å². The summed E-state index contributed by atoms with van der Waals surface area (Å²) in [4.78, 5) is 12.4. The molecule has 0 radical (unpaired) electrons. The van der Waals surface area contributed by atoms with Gasteiger partial charge in [-0.05, 0) is 39.3 Å². The maximum atomic E-state index is 11.0. The number of thiophene rings is 1. The molecule has 2 heterocycles. The molecule has 0 fully saturated rings. The normalized spacial score (nSPS) is 11.0. The van der Waals surface area contributed by atoms with E-state index in [1.54, 1.807) is 6.07 Å². The average Bonchev–Trinajstić information content (AvgIpc) is 2.93. The molecule has 0 atom stereocenters. The SMILES string of the molecule is CCn1nc(C)c(CNCc2cc(C(=O)O)sc2C)c1C. The molecule has 2 rings (SSSR count). The highest BCUT2D eigenvalue weighted by atomic mass is 32.1. The molecule has 0 aromatic carbocycles. The third-order valence-corrected chi connectivity index (χ3v) is 4.76. The van der Waals surface area contributed by atoms with E-state index in [2.05, 4.69) is 24.3 Å². The highest BCUT2D eigenvalue weighted by Gasteiger charge is 2.12. The Balaban J connectivity index is 2.02. The molecule has 5 nitrogen and oxygen atoms in total. The molecule has 2 aromatic rings. The fraction of sp³-hybridized carbons (Fsp3) is 0.467. The van der Waals surface area contributed by atoms with Crippen LogP contribution in [-0.4, -0.2) is 20.9 Å². The smallest absolute Gasteiger partial charge is 0.345 e. The largest absolute Gasteiger partial charge is 0.477 e. The summed E-state index contributed by atoms with van der Waals surface area (Å²) in [5.74, 6) is -0.856. The van der Waals surface area contributed by atoms with Gasteiger partial charge in [-0.3, -0.25) is 4.68 Å². The molecule has 0 saturated carbocycles. The van der Waals surface area contributed by atoms with E-state index in [-0.39, 0.29) is 0 Å². The summed E-state index contributed by atoms with van der Waals surface area (Å²) in [6, 6.07) is 1.75. The Morgan fingerprint density at radius 1 is 1.38 bits per heavy atom. The van der Waals surface area contributed by atoms with Gasteiger partial charge >= 0.3 is 5.97 Å². The van der Waals surface area contributed by atoms with Crippen molar-refractivity contribution in [2.24, 2.45) is 0 Å². The lowest BCUT2D eigenvalue weighted by atomic mass is 10.2. The van der Waals surface area contributed by atoms with E-state index >= 15 is 0 Å². The average molecular weight is 307 g/mol. The zero-order chi connectivity index (χ0) is 15.6. The van der Waals surface area contributed by atoms with Crippen LogP contribution in [0.3, 0.4) is 0 Å². The van der Waals surface area contributed by atoms with Gasteiger partial charge in [0.1, 0.15) is 4.88 Å². The number of hydrogen-bond donors (Lipinski definition) is 2. The second-order valence-corrected chi connectivity index (χ2v) is 6.32. The maximum absolute atomic E-state index is 11.0. The van der Waals surface area contributed by atoms with Gasteiger partial charge in [-0.1, -0.05) is 0 Å². The first-order valence-corrected chi connectivity index (χ1v) is 7.81. The Morgan fingerprint density at radius 3 is 2.62 bits per heavy atom. The summed E-state index contributed by atoms with van der Waals surface area (Å²) < 4.78 is 2.00. The fourth-order valence-electron chi connectivity index (χ4n) is 2.42. The van der Waals surface area contributed by atoms with Crippen molar-refractivity contribution in [1.29, 1.82) is 0 Å². The van der Waals surface area contributed by atoms with Gasteiger partial charge in [0.2, 0.25) is 0 Å². The van der Waals surface area contributed by atoms with Crippen molar-refractivity contribution in [3.8, 4) is 0 Å². The van der Waals surface area contributed by atoms with Crippen LogP contribution in [0.2, 0.25) is 0 Å². The Bertz CT molecular complexity index is 658. The minimum absolute atomic E-state index is 0.399. The van der Waals surface area contributed by atoms with Crippen LogP contribution in [0.5, 0.6) is 0 Å². The highest BCUT2D eigenvalue weighted by molar-refractivity contribution is 7.14. The molecule has 0 aliphatic rings. The molecule has 0 spiro atoms. The van der Waals surface area contributed by atoms with Crippen LogP contribution in [0.1, 0.15) is 44.0 Å². The van der Waals surface area contributed by atoms with Gasteiger partial charge in [-0.15, -0.1) is 11.3 Å². The van der Waals surface area contributed by atoms with Crippen LogP contribution in [-0.2, 0) is 19.6 Å². The lowest BCUT2D eigenvalue weighted by Crippen LogP contribution is -2.14. The van der Waals surface area contributed by atoms with Crippen molar-refractivity contribution in [2.75, 3.05) is 0 Å². The summed E-state index contributed by atoms with van der Waals surface area (Å²) in [5, 5.41) is 16.9. The van der Waals surface area contributed by atoms with Gasteiger partial charge in [-0.25, -0.2) is 4.79 Å². The first-order valence-electron chi connectivity index (χ1n) is 7.00. The van der Waals surface area contributed by atoms with Crippen LogP contribution >= 0.6 is 11.3 Å². The Labute approximate surface area is 128 Å². The van der Waals surface area contributed by atoms with Crippen LogP contribution in [0, 0.1) is 20.8 Å². The van der Waals surface area contributed by atoms with Gasteiger partial charge in [0.25, 0.3) is 0 Å². The van der Waals surface area contributed by atoms with Crippen LogP contribution < -0.4 is 5.32 Å². The van der Waals surface area contributed by atoms with E-state index in [1.807, 2.05) is 18.5 Å². The Kier molecular flexibility index (Phi) is 4.80. The van der Waals surface area contributed by atoms with Crippen molar-refractivity contribution in [1.82, 2.24) is 15.1 Å². The molecule has 0 amide bonds. The standard InChI is InChI=1S/C15H21N3O2S/c1-5-18-10(3)13(9(2)17-18)8-16-7-12-6-14(15(19)20)21-11(12)4/h6,16H,5,7-8H2,1-4H3,(H,19,20). The summed E-state index contributed by atoms with van der Waals surface area (Å²) in [6.45, 7) is 10.4. The number of hydrogen-bond acceptors (Lipinski definition) is 4. The lowest BCUT2D eigenvalue weighted by molar-refractivity contribution is 0.0702. The van der Waals surface area contributed by atoms with Gasteiger partial charge in [-0.2, -0.15) is 5.10 Å². The predicted octanol–water partition coefficient (Wildman–Crippen LogP) is 2.88. The molecule has 0 aliphatic carbocycles. The van der Waals surface area contributed by atoms with Crippen molar-refractivity contribution >= 4 is 17.3 Å². The van der Waals surface area contributed by atoms with Gasteiger partial charge in [0.15, 0.2) is 0 Å². The van der Waals surface area contributed by atoms with Crippen molar-refractivity contribution in [3.63, 3.8) is 0 Å². The Hall–Kier alpha value is -1.66. The number of carboxylic acids is 1. The number of rotatable bonds is 6. The first kappa shape index (κ1) is 15.7. The Morgan fingerprint density at radius 2 is 2.10 bits per heavy atom. The van der Waals surface area contributed by atoms with Crippen LogP contribution in [0.25, 0.3) is 0 Å². The number of carbonyl (C=O) groups is 1. The zero-order valence-electron chi connectivity index (χ0n) is 12.9. The molecule has 0 saturated heterocycles. The molecular formula is C15H21N3O2S. The topological polar surface area (TPSA) is 67.2 Å². The number of aryl methyl sites for hydroxylation is 3. The summed E-state index contributed by atoms with van der Waals surface area (Å²) in [5.41, 5.74) is 4.52. The lowest BCUT2D eigenvalue weighted by Gasteiger charge is -2.06.